The number of nitrogens with zero attached hydrogens (tertiary/aromatic N) is 1. The van der Waals surface area contributed by atoms with E-state index in [2.05, 4.69) is 17.2 Å². The number of benzene rings is 1. The molecule has 2 atom stereocenters. The zero-order chi connectivity index (χ0) is 16.7. The lowest BCUT2D eigenvalue weighted by molar-refractivity contribution is -0.118. The van der Waals surface area contributed by atoms with E-state index >= 15 is 0 Å². The van der Waals surface area contributed by atoms with Crippen molar-refractivity contribution >= 4 is 34.3 Å². The van der Waals surface area contributed by atoms with Gasteiger partial charge in [-0.1, -0.05) is 56.1 Å². The molecule has 0 spiro atoms. The van der Waals surface area contributed by atoms with Crippen LogP contribution >= 0.6 is 11.8 Å². The number of anilines is 1. The number of carbonyl (C=O) groups is 2. The first-order valence-corrected chi connectivity index (χ1v) is 8.86. The molecule has 1 heterocycles. The number of hydrogen-bond donors (Lipinski definition) is 2. The molecule has 1 aliphatic heterocycles. The van der Waals surface area contributed by atoms with E-state index in [9.17, 15) is 9.59 Å². The maximum atomic E-state index is 12.6. The Bertz CT molecular complexity index is 574. The molecule has 0 saturated carbocycles. The van der Waals surface area contributed by atoms with E-state index in [-0.39, 0.29) is 23.0 Å². The lowest BCUT2D eigenvalue weighted by atomic mass is 10.0. The number of carbonyl (C=O) groups excluding carboxylic acids is 2. The highest BCUT2D eigenvalue weighted by Gasteiger charge is 2.32. The second-order valence-corrected chi connectivity index (χ2v) is 6.81. The number of para-hydroxylation sites is 1. The van der Waals surface area contributed by atoms with Crippen LogP contribution in [-0.2, 0) is 9.59 Å². The molecule has 0 aliphatic carbocycles. The van der Waals surface area contributed by atoms with Gasteiger partial charge in [-0.05, 0) is 18.6 Å². The highest BCUT2D eigenvalue weighted by Crippen LogP contribution is 2.29. The van der Waals surface area contributed by atoms with Crippen molar-refractivity contribution in [3.05, 3.63) is 30.3 Å². The standard InChI is InChI=1S/C17H23N3O2S/c1-2-3-5-10-13(17-19-11-14(23-17)15(18)21)16(22)20-12-8-6-4-7-9-12/h4,6-9,13-14H,2-3,5,10-11H2,1H3,(H2,18,21)(H,20,22)/t13-,14?/m0/s1. The van der Waals surface area contributed by atoms with Gasteiger partial charge in [0.1, 0.15) is 5.25 Å². The Labute approximate surface area is 141 Å². The van der Waals surface area contributed by atoms with Crippen LogP contribution in [0, 0.1) is 5.92 Å². The lowest BCUT2D eigenvalue weighted by Crippen LogP contribution is -2.30. The van der Waals surface area contributed by atoms with Gasteiger partial charge in [-0.15, -0.1) is 0 Å². The van der Waals surface area contributed by atoms with Crippen molar-refractivity contribution in [2.75, 3.05) is 11.9 Å². The quantitative estimate of drug-likeness (QED) is 0.717. The normalized spacial score (nSPS) is 18.3. The van der Waals surface area contributed by atoms with Crippen molar-refractivity contribution in [3.8, 4) is 0 Å². The van der Waals surface area contributed by atoms with Gasteiger partial charge in [-0.3, -0.25) is 14.6 Å². The number of nitrogens with two attached hydrogens (primary N) is 1. The fourth-order valence-electron chi connectivity index (χ4n) is 2.45. The number of primary amides is 1. The van der Waals surface area contributed by atoms with E-state index in [1.807, 2.05) is 30.3 Å². The van der Waals surface area contributed by atoms with Gasteiger partial charge in [0.05, 0.1) is 17.5 Å². The average molecular weight is 333 g/mol. The van der Waals surface area contributed by atoms with Crippen LogP contribution in [0.2, 0.25) is 0 Å². The number of aliphatic imine (C=N–C) groups is 1. The first-order valence-electron chi connectivity index (χ1n) is 7.98. The fourth-order valence-corrected chi connectivity index (χ4v) is 3.54. The predicted octanol–water partition coefficient (Wildman–Crippen LogP) is 2.82. The third kappa shape index (κ3) is 5.10. The topological polar surface area (TPSA) is 84.6 Å². The largest absolute Gasteiger partial charge is 0.369 e. The second-order valence-electron chi connectivity index (χ2n) is 5.59. The summed E-state index contributed by atoms with van der Waals surface area (Å²) in [5, 5.41) is 3.33. The Kier molecular flexibility index (Phi) is 6.65. The van der Waals surface area contributed by atoms with Crippen molar-refractivity contribution in [2.45, 2.75) is 37.9 Å². The van der Waals surface area contributed by atoms with Crippen LogP contribution < -0.4 is 11.1 Å². The smallest absolute Gasteiger partial charge is 0.234 e. The van der Waals surface area contributed by atoms with Crippen molar-refractivity contribution < 1.29 is 9.59 Å². The van der Waals surface area contributed by atoms with E-state index in [0.29, 0.717) is 6.54 Å². The summed E-state index contributed by atoms with van der Waals surface area (Å²) < 4.78 is 0. The van der Waals surface area contributed by atoms with Gasteiger partial charge in [-0.25, -0.2) is 0 Å². The first-order chi connectivity index (χ1) is 11.1. The van der Waals surface area contributed by atoms with E-state index in [1.54, 1.807) is 0 Å². The fraction of sp³-hybridized carbons (Fsp3) is 0.471. The Morgan fingerprint density at radius 2 is 2.09 bits per heavy atom. The van der Waals surface area contributed by atoms with Crippen molar-refractivity contribution in [1.29, 1.82) is 0 Å². The molecule has 2 amide bonds. The lowest BCUT2D eigenvalue weighted by Gasteiger charge is -2.17. The average Bonchev–Trinajstić information content (AvgIpc) is 3.02. The highest BCUT2D eigenvalue weighted by atomic mass is 32.2. The Balaban J connectivity index is 2.04. The zero-order valence-electron chi connectivity index (χ0n) is 13.3. The third-order valence-electron chi connectivity index (χ3n) is 3.75. The number of unbranched alkanes of at least 4 members (excludes halogenated alkanes) is 2. The van der Waals surface area contributed by atoms with Crippen LogP contribution in [0.4, 0.5) is 5.69 Å². The Hall–Kier alpha value is -1.82. The van der Waals surface area contributed by atoms with Gasteiger partial charge in [-0.2, -0.15) is 0 Å². The molecule has 0 fully saturated rings. The van der Waals surface area contributed by atoms with Crippen LogP contribution in [0.25, 0.3) is 0 Å². The number of nitrogens with one attached hydrogen (secondary N) is 1. The van der Waals surface area contributed by atoms with Crippen molar-refractivity contribution in [2.24, 2.45) is 16.6 Å². The van der Waals surface area contributed by atoms with E-state index in [0.717, 1.165) is 36.4 Å². The van der Waals surface area contributed by atoms with Gasteiger partial charge in [0.25, 0.3) is 0 Å². The minimum absolute atomic E-state index is 0.0660. The second kappa shape index (κ2) is 8.72. The van der Waals surface area contributed by atoms with Crippen LogP contribution in [0.15, 0.2) is 35.3 Å². The molecule has 0 aromatic heterocycles. The minimum Gasteiger partial charge on any atom is -0.369 e. The Morgan fingerprint density at radius 1 is 1.35 bits per heavy atom. The molecule has 1 unspecified atom stereocenters. The third-order valence-corrected chi connectivity index (χ3v) is 5.07. The number of rotatable bonds is 8. The summed E-state index contributed by atoms with van der Waals surface area (Å²) in [6.45, 7) is 2.50. The highest BCUT2D eigenvalue weighted by molar-refractivity contribution is 8.15. The van der Waals surface area contributed by atoms with E-state index in [4.69, 9.17) is 5.73 Å². The zero-order valence-corrected chi connectivity index (χ0v) is 14.1. The molecule has 1 aliphatic rings. The van der Waals surface area contributed by atoms with Gasteiger partial charge in [0, 0.05) is 5.69 Å². The van der Waals surface area contributed by atoms with Crippen LogP contribution in [0.5, 0.6) is 0 Å². The molecule has 5 nitrogen and oxygen atoms in total. The van der Waals surface area contributed by atoms with Crippen LogP contribution in [0.1, 0.15) is 32.6 Å². The van der Waals surface area contributed by atoms with Crippen molar-refractivity contribution in [3.63, 3.8) is 0 Å². The molecule has 0 radical (unpaired) electrons. The van der Waals surface area contributed by atoms with Gasteiger partial charge < -0.3 is 11.1 Å². The molecular weight excluding hydrogens is 310 g/mol. The summed E-state index contributed by atoms with van der Waals surface area (Å²) in [6, 6.07) is 9.38. The Morgan fingerprint density at radius 3 is 2.70 bits per heavy atom. The number of hydrogen-bond acceptors (Lipinski definition) is 4. The molecular formula is C17H23N3O2S. The molecule has 1 aromatic rings. The molecule has 3 N–H and O–H groups in total. The molecule has 6 heteroatoms. The molecule has 1 aromatic carbocycles. The molecule has 0 bridgehead atoms. The van der Waals surface area contributed by atoms with E-state index in [1.165, 1.54) is 11.8 Å². The maximum Gasteiger partial charge on any atom is 0.234 e. The van der Waals surface area contributed by atoms with E-state index < -0.39 is 0 Å². The molecule has 0 saturated heterocycles. The minimum atomic E-state index is -0.371. The summed E-state index contributed by atoms with van der Waals surface area (Å²) in [5.41, 5.74) is 6.12. The van der Waals surface area contributed by atoms with Crippen LogP contribution in [0.3, 0.4) is 0 Å². The first kappa shape index (κ1) is 17.5. The summed E-state index contributed by atoms with van der Waals surface area (Å²) in [4.78, 5) is 28.4. The van der Waals surface area contributed by atoms with Gasteiger partial charge in [0.15, 0.2) is 0 Å². The molecule has 23 heavy (non-hydrogen) atoms. The summed E-state index contributed by atoms with van der Waals surface area (Å²) in [7, 11) is 0. The van der Waals surface area contributed by atoms with Crippen LogP contribution in [-0.4, -0.2) is 28.7 Å². The SMILES string of the molecule is CCCCC[C@@H](C(=O)Nc1ccccc1)C1=NCC(C(N)=O)S1. The van der Waals surface area contributed by atoms with Gasteiger partial charge in [0.2, 0.25) is 11.8 Å². The van der Waals surface area contributed by atoms with Gasteiger partial charge >= 0.3 is 0 Å². The summed E-state index contributed by atoms with van der Waals surface area (Å²) in [5.74, 6) is -0.746. The summed E-state index contributed by atoms with van der Waals surface area (Å²) in [6.07, 6.45) is 3.87. The predicted molar refractivity (Wildman–Crippen MR) is 95.6 cm³/mol. The molecule has 2 rings (SSSR count). The monoisotopic (exact) mass is 333 g/mol. The van der Waals surface area contributed by atoms with Crippen molar-refractivity contribution in [1.82, 2.24) is 0 Å². The maximum absolute atomic E-state index is 12.6. The number of thioether (sulfide) groups is 1. The number of amides is 2. The molecule has 124 valence electrons. The summed E-state index contributed by atoms with van der Waals surface area (Å²) >= 11 is 1.34.